The number of carbonyl (C=O) groups is 1. The van der Waals surface area contributed by atoms with Crippen molar-refractivity contribution in [1.29, 1.82) is 0 Å². The van der Waals surface area contributed by atoms with Crippen molar-refractivity contribution in [2.75, 3.05) is 19.8 Å². The highest BCUT2D eigenvalue weighted by atomic mass is 35.5. The van der Waals surface area contributed by atoms with Crippen LogP contribution in [0.15, 0.2) is 65.8 Å². The topological polar surface area (TPSA) is 100 Å². The molecule has 0 saturated carbocycles. The summed E-state index contributed by atoms with van der Waals surface area (Å²) in [6.45, 7) is 3.43. The van der Waals surface area contributed by atoms with Crippen LogP contribution in [0.3, 0.4) is 0 Å². The molecule has 2 heterocycles. The van der Waals surface area contributed by atoms with Crippen LogP contribution < -0.4 is 20.3 Å². The number of fused-ring (bicyclic) bond motifs is 1. The molecule has 4 aromatic rings. The maximum Gasteiger partial charge on any atom is 0.264 e. The number of ether oxygens (including phenoxy) is 2. The van der Waals surface area contributed by atoms with Gasteiger partial charge in [0.1, 0.15) is 23.2 Å². The van der Waals surface area contributed by atoms with Gasteiger partial charge in [-0.05, 0) is 48.9 Å². The highest BCUT2D eigenvalue weighted by Crippen LogP contribution is 2.17. The molecule has 2 aromatic carbocycles. The van der Waals surface area contributed by atoms with Crippen LogP contribution in [0.1, 0.15) is 12.5 Å². The number of halogens is 1. The maximum absolute atomic E-state index is 12.8. The number of rotatable bonds is 10. The lowest BCUT2D eigenvalue weighted by Gasteiger charge is -2.09. The van der Waals surface area contributed by atoms with E-state index in [-0.39, 0.29) is 18.1 Å². The molecule has 0 unspecified atom stereocenters. The van der Waals surface area contributed by atoms with Crippen LogP contribution in [-0.4, -0.2) is 45.0 Å². The van der Waals surface area contributed by atoms with Gasteiger partial charge in [0, 0.05) is 11.6 Å². The summed E-state index contributed by atoms with van der Waals surface area (Å²) in [5.41, 5.74) is 1.18. The standard InChI is InChI=1S/C24H24ClN5O4/c1-2-33-19-6-8-20(9-7-19)34-15-22(31)26-10-11-30-23-21(13-28-30)24(32)29(16-27-23)14-17-4-3-5-18(25)12-17/h3-9,12-13,16H,2,10-11,14-15H2,1H3,(H,26,31). The van der Waals surface area contributed by atoms with Crippen LogP contribution in [0.2, 0.25) is 5.02 Å². The van der Waals surface area contributed by atoms with Gasteiger partial charge in [-0.2, -0.15) is 5.10 Å². The van der Waals surface area contributed by atoms with Crippen LogP contribution in [0.4, 0.5) is 0 Å². The van der Waals surface area contributed by atoms with Gasteiger partial charge in [-0.15, -0.1) is 0 Å². The van der Waals surface area contributed by atoms with E-state index in [2.05, 4.69) is 15.4 Å². The zero-order valence-corrected chi connectivity index (χ0v) is 19.4. The second kappa shape index (κ2) is 10.8. The van der Waals surface area contributed by atoms with Gasteiger partial charge in [-0.1, -0.05) is 23.7 Å². The minimum Gasteiger partial charge on any atom is -0.494 e. The van der Waals surface area contributed by atoms with E-state index in [1.807, 2.05) is 25.1 Å². The summed E-state index contributed by atoms with van der Waals surface area (Å²) >= 11 is 6.03. The number of benzene rings is 2. The highest BCUT2D eigenvalue weighted by Gasteiger charge is 2.11. The van der Waals surface area contributed by atoms with Crippen molar-refractivity contribution in [3.05, 3.63) is 82.0 Å². The average Bonchev–Trinajstić information content (AvgIpc) is 3.24. The first-order valence-electron chi connectivity index (χ1n) is 10.8. The molecule has 2 aromatic heterocycles. The molecule has 0 radical (unpaired) electrons. The lowest BCUT2D eigenvalue weighted by Crippen LogP contribution is -2.31. The molecule has 34 heavy (non-hydrogen) atoms. The molecule has 0 bridgehead atoms. The van der Waals surface area contributed by atoms with Gasteiger partial charge in [-0.25, -0.2) is 9.67 Å². The Morgan fingerprint density at radius 2 is 1.88 bits per heavy atom. The number of nitrogens with one attached hydrogen (secondary N) is 1. The van der Waals surface area contributed by atoms with Gasteiger partial charge >= 0.3 is 0 Å². The van der Waals surface area contributed by atoms with Crippen molar-refractivity contribution in [2.45, 2.75) is 20.0 Å². The van der Waals surface area contributed by atoms with E-state index in [0.29, 0.717) is 48.0 Å². The Bertz CT molecular complexity index is 1330. The number of hydrogen-bond acceptors (Lipinski definition) is 6. The van der Waals surface area contributed by atoms with Crippen molar-refractivity contribution in [3.8, 4) is 11.5 Å². The minimum absolute atomic E-state index is 0.111. The molecule has 0 saturated heterocycles. The van der Waals surface area contributed by atoms with Gasteiger partial charge in [0.05, 0.1) is 25.9 Å². The monoisotopic (exact) mass is 481 g/mol. The fourth-order valence-corrected chi connectivity index (χ4v) is 3.62. The van der Waals surface area contributed by atoms with Gasteiger partial charge < -0.3 is 14.8 Å². The third-order valence-electron chi connectivity index (χ3n) is 5.01. The largest absolute Gasteiger partial charge is 0.494 e. The van der Waals surface area contributed by atoms with Crippen molar-refractivity contribution in [3.63, 3.8) is 0 Å². The van der Waals surface area contributed by atoms with Crippen molar-refractivity contribution in [2.24, 2.45) is 0 Å². The van der Waals surface area contributed by atoms with Gasteiger partial charge in [0.25, 0.3) is 11.5 Å². The van der Waals surface area contributed by atoms with Crippen LogP contribution in [0, 0.1) is 0 Å². The summed E-state index contributed by atoms with van der Waals surface area (Å²) in [5.74, 6) is 1.06. The first kappa shape index (κ1) is 23.3. The second-order valence-electron chi connectivity index (χ2n) is 7.46. The third kappa shape index (κ3) is 5.74. The fourth-order valence-electron chi connectivity index (χ4n) is 3.41. The molecule has 0 aliphatic heterocycles. The average molecular weight is 482 g/mol. The predicted octanol–water partition coefficient (Wildman–Crippen LogP) is 2.89. The first-order chi connectivity index (χ1) is 16.5. The molecule has 0 aliphatic rings. The number of aromatic nitrogens is 4. The Hall–Kier alpha value is -3.85. The quantitative estimate of drug-likeness (QED) is 0.374. The highest BCUT2D eigenvalue weighted by molar-refractivity contribution is 6.30. The van der Waals surface area contributed by atoms with Crippen molar-refractivity contribution >= 4 is 28.5 Å². The molecule has 0 fully saturated rings. The van der Waals surface area contributed by atoms with E-state index in [0.717, 1.165) is 11.3 Å². The number of hydrogen-bond donors (Lipinski definition) is 1. The van der Waals surface area contributed by atoms with Crippen LogP contribution in [-0.2, 0) is 17.9 Å². The molecule has 4 rings (SSSR count). The molecule has 1 N–H and O–H groups in total. The minimum atomic E-state index is -0.262. The van der Waals surface area contributed by atoms with Gasteiger partial charge in [0.15, 0.2) is 12.3 Å². The third-order valence-corrected chi connectivity index (χ3v) is 5.25. The molecule has 176 valence electrons. The van der Waals surface area contributed by atoms with Crippen molar-refractivity contribution < 1.29 is 14.3 Å². The van der Waals surface area contributed by atoms with E-state index < -0.39 is 0 Å². The lowest BCUT2D eigenvalue weighted by molar-refractivity contribution is -0.123. The molecule has 9 nitrogen and oxygen atoms in total. The molecular weight excluding hydrogens is 458 g/mol. The normalized spacial score (nSPS) is 10.9. The molecular formula is C24H24ClN5O4. The second-order valence-corrected chi connectivity index (χ2v) is 7.89. The summed E-state index contributed by atoms with van der Waals surface area (Å²) in [7, 11) is 0. The molecule has 1 amide bonds. The van der Waals surface area contributed by atoms with E-state index in [1.54, 1.807) is 35.0 Å². The fraction of sp³-hybridized carbons (Fsp3) is 0.250. The van der Waals surface area contributed by atoms with Crippen LogP contribution in [0.25, 0.3) is 11.0 Å². The molecule has 0 spiro atoms. The maximum atomic E-state index is 12.8. The Kier molecular flexibility index (Phi) is 7.44. The smallest absolute Gasteiger partial charge is 0.264 e. The number of amides is 1. The predicted molar refractivity (Wildman–Crippen MR) is 128 cm³/mol. The van der Waals surface area contributed by atoms with E-state index in [9.17, 15) is 9.59 Å². The van der Waals surface area contributed by atoms with Crippen LogP contribution in [0.5, 0.6) is 11.5 Å². The first-order valence-corrected chi connectivity index (χ1v) is 11.2. The zero-order chi connectivity index (χ0) is 23.9. The van der Waals surface area contributed by atoms with Crippen LogP contribution >= 0.6 is 11.6 Å². The Morgan fingerprint density at radius 1 is 1.12 bits per heavy atom. The van der Waals surface area contributed by atoms with E-state index in [1.165, 1.54) is 17.1 Å². The summed E-state index contributed by atoms with van der Waals surface area (Å²) in [6, 6.07) is 14.4. The number of nitrogens with zero attached hydrogens (tertiary/aromatic N) is 4. The van der Waals surface area contributed by atoms with E-state index in [4.69, 9.17) is 21.1 Å². The van der Waals surface area contributed by atoms with Gasteiger partial charge in [-0.3, -0.25) is 14.2 Å². The molecule has 10 heteroatoms. The van der Waals surface area contributed by atoms with Gasteiger partial charge in [0.2, 0.25) is 0 Å². The number of carbonyl (C=O) groups excluding carboxylic acids is 1. The summed E-state index contributed by atoms with van der Waals surface area (Å²) in [5, 5.41) is 8.06. The lowest BCUT2D eigenvalue weighted by atomic mass is 10.2. The SMILES string of the molecule is CCOc1ccc(OCC(=O)NCCn2ncc3c(=O)n(Cc4cccc(Cl)c4)cnc32)cc1. The summed E-state index contributed by atoms with van der Waals surface area (Å²) in [4.78, 5) is 29.3. The van der Waals surface area contributed by atoms with E-state index >= 15 is 0 Å². The Morgan fingerprint density at radius 3 is 2.62 bits per heavy atom. The Balaban J connectivity index is 1.30. The summed E-state index contributed by atoms with van der Waals surface area (Å²) in [6.07, 6.45) is 2.99. The zero-order valence-electron chi connectivity index (χ0n) is 18.6. The molecule has 0 atom stereocenters. The van der Waals surface area contributed by atoms with Crippen molar-refractivity contribution in [1.82, 2.24) is 24.6 Å². The molecule has 0 aliphatic carbocycles. The summed E-state index contributed by atoms with van der Waals surface area (Å²) < 4.78 is 14.0. The Labute approximate surface area is 200 Å².